The Morgan fingerprint density at radius 2 is 1.09 bits per heavy atom. The van der Waals surface area contributed by atoms with E-state index in [1.807, 2.05) is 0 Å². The van der Waals surface area contributed by atoms with Crippen molar-refractivity contribution in [2.45, 2.75) is 319 Å². The topological polar surface area (TPSA) is 339 Å². The number of fused-ring (bicyclic) bond motifs is 2. The van der Waals surface area contributed by atoms with E-state index in [-0.39, 0.29) is 18.9 Å². The molecule has 25 nitrogen and oxygen atoms in total. The van der Waals surface area contributed by atoms with E-state index in [9.17, 15) is 54.9 Å². The molecule has 0 saturated carbocycles. The summed E-state index contributed by atoms with van der Waals surface area (Å²) in [4.78, 5) is 55.0. The van der Waals surface area contributed by atoms with Crippen molar-refractivity contribution in [3.8, 4) is 0 Å². The van der Waals surface area contributed by atoms with Crippen molar-refractivity contribution in [3.63, 3.8) is 0 Å². The van der Waals surface area contributed by atoms with Crippen LogP contribution in [0, 0.1) is 11.8 Å². The number of unbranched alkanes of at least 4 members (excludes halogenated alkanes) is 2. The van der Waals surface area contributed by atoms with Crippen LogP contribution in [0.5, 0.6) is 0 Å². The molecule has 506 valence electrons. The highest BCUT2D eigenvalue weighted by atomic mass is 16.8. The van der Waals surface area contributed by atoms with Crippen LogP contribution in [0.25, 0.3) is 6.08 Å². The molecule has 6 aliphatic rings. The van der Waals surface area contributed by atoms with Crippen LogP contribution >= 0.6 is 0 Å². The second-order valence-corrected chi connectivity index (χ2v) is 25.0. The maximum Gasteiger partial charge on any atom is 0.331 e. The van der Waals surface area contributed by atoms with Gasteiger partial charge in [0.2, 0.25) is 6.29 Å². The normalized spacial score (nSPS) is 41.0. The lowest BCUT2D eigenvalue weighted by molar-refractivity contribution is -0.403. The number of esters is 4. The van der Waals surface area contributed by atoms with Gasteiger partial charge in [-0.15, -0.1) is 0 Å². The summed E-state index contributed by atoms with van der Waals surface area (Å²) in [6, 6.07) is 8.81. The minimum atomic E-state index is -1.95. The van der Waals surface area contributed by atoms with Crippen LogP contribution in [0.2, 0.25) is 0 Å². The fourth-order valence-electron chi connectivity index (χ4n) is 11.8. The molecular weight excluding hydrogens is 1170 g/mol. The van der Waals surface area contributed by atoms with Gasteiger partial charge < -0.3 is 102 Å². The van der Waals surface area contributed by atoms with E-state index in [1.54, 1.807) is 65.0 Å². The second-order valence-electron chi connectivity index (χ2n) is 25.0. The average Bonchev–Trinajstić information content (AvgIpc) is 0.859. The molecule has 0 aliphatic carbocycles. The fourth-order valence-corrected chi connectivity index (χ4v) is 11.8. The summed E-state index contributed by atoms with van der Waals surface area (Å²) < 4.78 is 88.9. The number of hydrogen-bond donors (Lipinski definition) is 7. The summed E-state index contributed by atoms with van der Waals surface area (Å²) in [6.07, 6.45) is -26.3. The highest BCUT2D eigenvalue weighted by Crippen LogP contribution is 2.40. The van der Waals surface area contributed by atoms with E-state index in [0.717, 1.165) is 63.9 Å². The lowest BCUT2D eigenvalue weighted by Gasteiger charge is -2.51. The molecular formula is C64H100O25. The van der Waals surface area contributed by atoms with Gasteiger partial charge in [0.05, 0.1) is 48.5 Å². The summed E-state index contributed by atoms with van der Waals surface area (Å²) in [5.74, 6) is -4.58. The Hall–Kier alpha value is -3.84. The van der Waals surface area contributed by atoms with Crippen molar-refractivity contribution in [3.05, 3.63) is 42.0 Å². The first-order valence-electron chi connectivity index (χ1n) is 32.3. The highest BCUT2D eigenvalue weighted by molar-refractivity contribution is 5.87. The number of carbonyl (C=O) groups excluding carboxylic acids is 4. The molecule has 6 aliphatic heterocycles. The van der Waals surface area contributed by atoms with Crippen LogP contribution in [0.4, 0.5) is 0 Å². The monoisotopic (exact) mass is 1270 g/mol. The van der Waals surface area contributed by atoms with E-state index in [0.29, 0.717) is 24.8 Å². The maximum atomic E-state index is 14.3. The van der Waals surface area contributed by atoms with E-state index in [2.05, 4.69) is 6.92 Å². The van der Waals surface area contributed by atoms with Crippen LogP contribution in [-0.2, 0) is 85.5 Å². The fraction of sp³-hybridized carbons (Fsp3) is 0.812. The van der Waals surface area contributed by atoms with Crippen LogP contribution in [0.1, 0.15) is 165 Å². The van der Waals surface area contributed by atoms with Crippen LogP contribution < -0.4 is 0 Å². The Morgan fingerprint density at radius 1 is 0.528 bits per heavy atom. The molecule has 6 fully saturated rings. The lowest BCUT2D eigenvalue weighted by atomic mass is 9.95. The molecule has 1 aromatic rings. The Kier molecular flexibility index (Phi) is 28.0. The predicted octanol–water partition coefficient (Wildman–Crippen LogP) is 4.33. The van der Waals surface area contributed by atoms with E-state index in [4.69, 9.17) is 66.3 Å². The van der Waals surface area contributed by atoms with E-state index in [1.165, 1.54) is 33.8 Å². The van der Waals surface area contributed by atoms with E-state index >= 15 is 0 Å². The third-order valence-corrected chi connectivity index (χ3v) is 17.6. The van der Waals surface area contributed by atoms with Gasteiger partial charge in [-0.3, -0.25) is 14.4 Å². The van der Waals surface area contributed by atoms with Crippen molar-refractivity contribution < 1.29 is 121 Å². The number of carbonyl (C=O) groups is 4. The molecule has 0 amide bonds. The molecule has 0 bridgehead atoms. The molecule has 1 aromatic carbocycles. The number of aliphatic hydroxyl groups is 7. The number of hydrogen-bond acceptors (Lipinski definition) is 25. The minimum absolute atomic E-state index is 0.0322. The van der Waals surface area contributed by atoms with Crippen molar-refractivity contribution >= 4 is 30.0 Å². The summed E-state index contributed by atoms with van der Waals surface area (Å²) in [6.45, 7) is 16.1. The maximum absolute atomic E-state index is 14.3. The molecule has 0 spiro atoms. The van der Waals surface area contributed by atoms with Gasteiger partial charge in [0.25, 0.3) is 0 Å². The zero-order valence-corrected chi connectivity index (χ0v) is 53.1. The van der Waals surface area contributed by atoms with Crippen molar-refractivity contribution in [2.24, 2.45) is 11.8 Å². The number of aliphatic hydroxyl groups excluding tert-OH is 7. The average molecular weight is 1270 g/mol. The number of rotatable bonds is 18. The molecule has 7 N–H and O–H groups in total. The first kappa shape index (κ1) is 72.6. The Morgan fingerprint density at radius 3 is 1.76 bits per heavy atom. The van der Waals surface area contributed by atoms with Crippen molar-refractivity contribution in [2.75, 3.05) is 0 Å². The zero-order valence-electron chi connectivity index (χ0n) is 53.1. The van der Waals surface area contributed by atoms with Gasteiger partial charge >= 0.3 is 23.9 Å². The molecule has 0 radical (unpaired) electrons. The molecule has 6 heterocycles. The zero-order chi connectivity index (χ0) is 64.8. The molecule has 89 heavy (non-hydrogen) atoms. The second kappa shape index (κ2) is 34.4. The number of ether oxygens (including phenoxy) is 14. The summed E-state index contributed by atoms with van der Waals surface area (Å²) >= 11 is 0. The Bertz CT molecular complexity index is 2360. The van der Waals surface area contributed by atoms with Gasteiger partial charge in [0.15, 0.2) is 49.6 Å². The lowest BCUT2D eigenvalue weighted by Crippen LogP contribution is -2.68. The van der Waals surface area contributed by atoms with Gasteiger partial charge in [-0.05, 0) is 71.9 Å². The summed E-state index contributed by atoms with van der Waals surface area (Å²) in [5.41, 5.74) is 0.640. The van der Waals surface area contributed by atoms with Gasteiger partial charge in [-0.1, -0.05) is 123 Å². The molecule has 7 rings (SSSR count). The Labute approximate surface area is 522 Å². The standard InChI is InChI=1S/C64H100O25/c1-11-13-20-27-40-28-23-17-15-14-16-18-24-29-41(65)82-55-49(73)51(37(9)79-63(55)89-62-53(81-40)46(70)44(68)35(7)77-62)86-64-57(85-59(75)33(5)12-2)56(88-60-47(71)45(69)43(67)34(6)76-60)52(38(10)80-64)87-61-54(83-42(66)31-30-39-25-21-19-22-26-39)48(72)50(36(8)78-61)84-58(74)32(3)4/h19,21-22,25-26,30-38,40,43-57,60-64,67-73H,11-18,20,23-24,27-29H2,1-10H3/b31-30+/t33-,34-,35+,36-,37-,38-,40?,43-,44-,45+,46-,47+,48+,49+,50-,51-,52-,53+,54+,55+,56+,57+,60-,61-,62-,63-,64-/m0/s1. The van der Waals surface area contributed by atoms with Gasteiger partial charge in [0.1, 0.15) is 67.1 Å². The largest absolute Gasteiger partial charge is 0.456 e. The van der Waals surface area contributed by atoms with Crippen LogP contribution in [0.15, 0.2) is 36.4 Å². The molecule has 25 heteroatoms. The van der Waals surface area contributed by atoms with Crippen molar-refractivity contribution in [1.82, 2.24) is 0 Å². The Balaban J connectivity index is 1.25. The predicted molar refractivity (Wildman–Crippen MR) is 313 cm³/mol. The smallest absolute Gasteiger partial charge is 0.331 e. The van der Waals surface area contributed by atoms with Crippen molar-refractivity contribution in [1.29, 1.82) is 0 Å². The minimum Gasteiger partial charge on any atom is -0.456 e. The first-order chi connectivity index (χ1) is 42.4. The van der Waals surface area contributed by atoms with E-state index < -0.39 is 189 Å². The van der Waals surface area contributed by atoms with Gasteiger partial charge in [0, 0.05) is 12.5 Å². The van der Waals surface area contributed by atoms with Gasteiger partial charge in [-0.25, -0.2) is 4.79 Å². The number of benzene rings is 1. The van der Waals surface area contributed by atoms with Gasteiger partial charge in [-0.2, -0.15) is 0 Å². The molecule has 6 saturated heterocycles. The first-order valence-corrected chi connectivity index (χ1v) is 32.3. The molecule has 1 unspecified atom stereocenters. The quantitative estimate of drug-likeness (QED) is 0.0465. The summed E-state index contributed by atoms with van der Waals surface area (Å²) in [5, 5.41) is 81.1. The SMILES string of the molecule is CCCCCC1CCCCCCCCCC(=O)O[C@H]2[C@H](O[C@@H]3O[C@H](C)[C@H](O)[C@H](O)[C@H]3O1)O[C@@H](C)[C@H](O[C@@H]1O[C@@H](C)[C@H](O[C@@H]3O[C@@H](C)[C@H](OC(=O)C(C)C)[C@@H](O)[C@H]3OC(=O)/C=C/c3ccccc3)[C@@H](O[C@@H]3O[C@@H](C)[C@H](O)[C@@H](O)[C@H]3O)[C@H]1OC(=O)[C@@H](C)CC)[C@H]2O. The summed E-state index contributed by atoms with van der Waals surface area (Å²) in [7, 11) is 0. The van der Waals surface area contributed by atoms with Crippen LogP contribution in [0.3, 0.4) is 0 Å². The third-order valence-electron chi connectivity index (χ3n) is 17.6. The highest BCUT2D eigenvalue weighted by Gasteiger charge is 2.59. The molecule has 0 aromatic heterocycles. The molecule has 27 atom stereocenters. The third kappa shape index (κ3) is 19.2. The van der Waals surface area contributed by atoms with Crippen LogP contribution in [-0.4, -0.2) is 219 Å².